The van der Waals surface area contributed by atoms with Gasteiger partial charge in [-0.3, -0.25) is 9.79 Å². The Morgan fingerprint density at radius 1 is 1.19 bits per heavy atom. The molecule has 148 valence electrons. The second kappa shape index (κ2) is 12.0. The van der Waals surface area contributed by atoms with E-state index in [1.807, 2.05) is 20.8 Å². The minimum absolute atomic E-state index is 0. The molecule has 1 aromatic rings. The number of likely N-dealkylation sites (N-methyl/N-ethyl adjacent to an activating group) is 1. The third-order valence-corrected chi connectivity index (χ3v) is 3.67. The summed E-state index contributed by atoms with van der Waals surface area (Å²) in [7, 11) is 1.70. The first-order valence-corrected chi connectivity index (χ1v) is 8.83. The van der Waals surface area contributed by atoms with Crippen LogP contribution in [0.5, 0.6) is 0 Å². The van der Waals surface area contributed by atoms with E-state index < -0.39 is 0 Å². The lowest BCUT2D eigenvalue weighted by atomic mass is 10.1. The van der Waals surface area contributed by atoms with Gasteiger partial charge >= 0.3 is 0 Å². The van der Waals surface area contributed by atoms with E-state index in [-0.39, 0.29) is 42.0 Å². The van der Waals surface area contributed by atoms with E-state index >= 15 is 0 Å². The standard InChI is InChI=1S/C19H33N5O.HI/c1-7-24(16-11-9-8-10-15(16)2)13-12-21-18(20-6)22-14-17(25)23-19(3,4)5;/h8-11H,7,12-14H2,1-6H3,(H,23,25)(H2,20,21,22);1H. The van der Waals surface area contributed by atoms with Crippen molar-refractivity contribution in [3.8, 4) is 0 Å². The molecule has 1 rings (SSSR count). The number of guanidine groups is 1. The molecule has 0 fully saturated rings. The Balaban J connectivity index is 0.00000625. The van der Waals surface area contributed by atoms with Crippen molar-refractivity contribution in [1.82, 2.24) is 16.0 Å². The van der Waals surface area contributed by atoms with Crippen molar-refractivity contribution in [2.45, 2.75) is 40.2 Å². The summed E-state index contributed by atoms with van der Waals surface area (Å²) in [5.41, 5.74) is 2.29. The predicted molar refractivity (Wildman–Crippen MR) is 122 cm³/mol. The quantitative estimate of drug-likeness (QED) is 0.322. The number of carbonyl (C=O) groups excluding carboxylic acids is 1. The monoisotopic (exact) mass is 475 g/mol. The molecule has 7 heteroatoms. The van der Waals surface area contributed by atoms with Crippen LogP contribution in [0.1, 0.15) is 33.3 Å². The van der Waals surface area contributed by atoms with Gasteiger partial charge in [-0.05, 0) is 46.2 Å². The number of hydrogen-bond acceptors (Lipinski definition) is 3. The number of carbonyl (C=O) groups is 1. The number of para-hydroxylation sites is 1. The molecule has 6 nitrogen and oxygen atoms in total. The van der Waals surface area contributed by atoms with E-state index in [2.05, 4.69) is 64.0 Å². The predicted octanol–water partition coefficient (Wildman–Crippen LogP) is 2.52. The molecule has 1 amide bonds. The maximum absolute atomic E-state index is 11.9. The van der Waals surface area contributed by atoms with Gasteiger partial charge in [0.2, 0.25) is 5.91 Å². The average molecular weight is 475 g/mol. The van der Waals surface area contributed by atoms with E-state index in [9.17, 15) is 4.79 Å². The van der Waals surface area contributed by atoms with Crippen LogP contribution in [-0.2, 0) is 4.79 Å². The molecule has 0 aromatic heterocycles. The molecule has 1 aromatic carbocycles. The Kier molecular flexibility index (Phi) is 11.3. The Morgan fingerprint density at radius 3 is 2.38 bits per heavy atom. The fourth-order valence-electron chi connectivity index (χ4n) is 2.52. The fourth-order valence-corrected chi connectivity index (χ4v) is 2.52. The van der Waals surface area contributed by atoms with E-state index in [4.69, 9.17) is 0 Å². The number of anilines is 1. The van der Waals surface area contributed by atoms with Crippen LogP contribution in [0, 0.1) is 6.92 Å². The minimum atomic E-state index is -0.231. The molecule has 0 saturated heterocycles. The van der Waals surface area contributed by atoms with Crippen LogP contribution in [0.2, 0.25) is 0 Å². The van der Waals surface area contributed by atoms with Gasteiger partial charge in [-0.2, -0.15) is 0 Å². The number of hydrogen-bond donors (Lipinski definition) is 3. The summed E-state index contributed by atoms with van der Waals surface area (Å²) in [5, 5.41) is 9.22. The highest BCUT2D eigenvalue weighted by Gasteiger charge is 2.13. The fraction of sp³-hybridized carbons (Fsp3) is 0.579. The molecular formula is C19H34IN5O. The van der Waals surface area contributed by atoms with Gasteiger partial charge < -0.3 is 20.9 Å². The summed E-state index contributed by atoms with van der Waals surface area (Å²) in [6.07, 6.45) is 0. The second-order valence-electron chi connectivity index (χ2n) is 7.02. The van der Waals surface area contributed by atoms with Gasteiger partial charge in [0.05, 0.1) is 6.54 Å². The number of halogens is 1. The largest absolute Gasteiger partial charge is 0.370 e. The highest BCUT2D eigenvalue weighted by molar-refractivity contribution is 14.0. The number of aryl methyl sites for hydroxylation is 1. The molecule has 26 heavy (non-hydrogen) atoms. The molecule has 3 N–H and O–H groups in total. The molecule has 0 aliphatic heterocycles. The van der Waals surface area contributed by atoms with Crippen molar-refractivity contribution in [1.29, 1.82) is 0 Å². The van der Waals surface area contributed by atoms with Gasteiger partial charge in [0, 0.05) is 37.9 Å². The van der Waals surface area contributed by atoms with E-state index in [0.717, 1.165) is 19.6 Å². The second-order valence-corrected chi connectivity index (χ2v) is 7.02. The van der Waals surface area contributed by atoms with Gasteiger partial charge in [0.15, 0.2) is 5.96 Å². The molecule has 0 radical (unpaired) electrons. The maximum Gasteiger partial charge on any atom is 0.239 e. The first-order valence-electron chi connectivity index (χ1n) is 8.83. The average Bonchev–Trinajstić information content (AvgIpc) is 2.54. The van der Waals surface area contributed by atoms with Crippen LogP contribution in [0.3, 0.4) is 0 Å². The topological polar surface area (TPSA) is 68.8 Å². The number of nitrogens with one attached hydrogen (secondary N) is 3. The van der Waals surface area contributed by atoms with E-state index in [1.54, 1.807) is 7.05 Å². The Hall–Kier alpha value is -1.51. The number of aliphatic imine (C=N–C) groups is 1. The van der Waals surface area contributed by atoms with Gasteiger partial charge in [0.25, 0.3) is 0 Å². The summed E-state index contributed by atoms with van der Waals surface area (Å²) >= 11 is 0. The lowest BCUT2D eigenvalue weighted by molar-refractivity contribution is -0.121. The molecule has 0 atom stereocenters. The van der Waals surface area contributed by atoms with Gasteiger partial charge in [0.1, 0.15) is 0 Å². The van der Waals surface area contributed by atoms with Crippen LogP contribution in [-0.4, -0.2) is 50.6 Å². The van der Waals surface area contributed by atoms with Crippen LogP contribution >= 0.6 is 24.0 Å². The third kappa shape index (κ3) is 9.26. The summed E-state index contributed by atoms with van der Waals surface area (Å²) < 4.78 is 0. The highest BCUT2D eigenvalue weighted by Crippen LogP contribution is 2.18. The number of nitrogens with zero attached hydrogens (tertiary/aromatic N) is 2. The highest BCUT2D eigenvalue weighted by atomic mass is 127. The lowest BCUT2D eigenvalue weighted by Gasteiger charge is -2.25. The molecule has 0 aliphatic carbocycles. The zero-order valence-electron chi connectivity index (χ0n) is 16.8. The van der Waals surface area contributed by atoms with Crippen molar-refractivity contribution in [3.05, 3.63) is 29.8 Å². The van der Waals surface area contributed by atoms with Gasteiger partial charge in [-0.15, -0.1) is 24.0 Å². The molecule has 0 saturated carbocycles. The normalized spacial score (nSPS) is 11.4. The summed E-state index contributed by atoms with van der Waals surface area (Å²) in [6, 6.07) is 8.38. The third-order valence-electron chi connectivity index (χ3n) is 3.67. The van der Waals surface area contributed by atoms with Crippen molar-refractivity contribution in [3.63, 3.8) is 0 Å². The van der Waals surface area contributed by atoms with Crippen LogP contribution < -0.4 is 20.9 Å². The first kappa shape index (κ1) is 24.5. The van der Waals surface area contributed by atoms with Crippen LogP contribution in [0.4, 0.5) is 5.69 Å². The number of benzene rings is 1. The summed E-state index contributed by atoms with van der Waals surface area (Å²) in [6.45, 7) is 12.9. The minimum Gasteiger partial charge on any atom is -0.370 e. The van der Waals surface area contributed by atoms with Crippen molar-refractivity contribution in [2.24, 2.45) is 4.99 Å². The zero-order valence-corrected chi connectivity index (χ0v) is 19.2. The van der Waals surface area contributed by atoms with Crippen molar-refractivity contribution in [2.75, 3.05) is 38.1 Å². The van der Waals surface area contributed by atoms with Crippen molar-refractivity contribution >= 4 is 41.5 Å². The Bertz CT molecular complexity index is 584. The summed E-state index contributed by atoms with van der Waals surface area (Å²) in [5.74, 6) is 0.579. The molecule has 0 spiro atoms. The van der Waals surface area contributed by atoms with Crippen molar-refractivity contribution < 1.29 is 4.79 Å². The molecule has 0 aliphatic rings. The zero-order chi connectivity index (χ0) is 18.9. The molecule has 0 heterocycles. The van der Waals surface area contributed by atoms with Crippen LogP contribution in [0.25, 0.3) is 0 Å². The number of rotatable bonds is 7. The smallest absolute Gasteiger partial charge is 0.239 e. The van der Waals surface area contributed by atoms with E-state index in [0.29, 0.717) is 5.96 Å². The summed E-state index contributed by atoms with van der Waals surface area (Å²) in [4.78, 5) is 18.4. The SMILES string of the molecule is CCN(CCNC(=NC)NCC(=O)NC(C)(C)C)c1ccccc1C.I. The van der Waals surface area contributed by atoms with Gasteiger partial charge in [-0.25, -0.2) is 0 Å². The van der Waals surface area contributed by atoms with E-state index in [1.165, 1.54) is 11.3 Å². The molecule has 0 bridgehead atoms. The first-order chi connectivity index (χ1) is 11.8. The Labute approximate surface area is 175 Å². The number of amides is 1. The molecular weight excluding hydrogens is 441 g/mol. The van der Waals surface area contributed by atoms with Crippen LogP contribution in [0.15, 0.2) is 29.3 Å². The lowest BCUT2D eigenvalue weighted by Crippen LogP contribution is -2.49. The molecule has 0 unspecified atom stereocenters. The van der Waals surface area contributed by atoms with Gasteiger partial charge in [-0.1, -0.05) is 18.2 Å². The Morgan fingerprint density at radius 2 is 1.85 bits per heavy atom. The maximum atomic E-state index is 11.9.